The summed E-state index contributed by atoms with van der Waals surface area (Å²) < 4.78 is 0. The minimum Gasteiger partial charge on any atom is -0.353 e. The maximum atomic E-state index is 12.4. The lowest BCUT2D eigenvalue weighted by Gasteiger charge is -2.35. The van der Waals surface area contributed by atoms with E-state index >= 15 is 0 Å². The number of nitrogens with zero attached hydrogens (tertiary/aromatic N) is 1. The van der Waals surface area contributed by atoms with Crippen LogP contribution in [0.3, 0.4) is 0 Å². The third-order valence-corrected chi connectivity index (χ3v) is 6.28. The Morgan fingerprint density at radius 1 is 0.929 bits per heavy atom. The van der Waals surface area contributed by atoms with Gasteiger partial charge in [0.1, 0.15) is 0 Å². The highest BCUT2D eigenvalue weighted by molar-refractivity contribution is 5.87. The zero-order chi connectivity index (χ0) is 20.7. The summed E-state index contributed by atoms with van der Waals surface area (Å²) in [6.07, 6.45) is 10.5. The number of hydrogen-bond acceptors (Lipinski definition) is 3. The van der Waals surface area contributed by atoms with E-state index < -0.39 is 5.41 Å². The largest absolute Gasteiger partial charge is 0.353 e. The summed E-state index contributed by atoms with van der Waals surface area (Å²) >= 11 is 0. The van der Waals surface area contributed by atoms with E-state index in [0.29, 0.717) is 12.3 Å². The number of rotatable bonds is 6. The molecule has 0 aromatic heterocycles. The van der Waals surface area contributed by atoms with E-state index in [0.717, 1.165) is 25.7 Å². The van der Waals surface area contributed by atoms with E-state index in [1.165, 1.54) is 32.1 Å². The van der Waals surface area contributed by atoms with Gasteiger partial charge >= 0.3 is 0 Å². The summed E-state index contributed by atoms with van der Waals surface area (Å²) in [7, 11) is 1.82. The van der Waals surface area contributed by atoms with Gasteiger partial charge in [-0.25, -0.2) is 0 Å². The predicted octanol–water partition coefficient (Wildman–Crippen LogP) is 3.00. The van der Waals surface area contributed by atoms with Crippen molar-refractivity contribution < 1.29 is 14.4 Å². The van der Waals surface area contributed by atoms with E-state index in [1.54, 1.807) is 4.90 Å². The molecule has 0 aromatic rings. The zero-order valence-corrected chi connectivity index (χ0v) is 18.2. The molecule has 0 aromatic carbocycles. The zero-order valence-electron chi connectivity index (χ0n) is 18.2. The maximum absolute atomic E-state index is 12.4. The van der Waals surface area contributed by atoms with Crippen molar-refractivity contribution in [2.45, 2.75) is 97.1 Å². The van der Waals surface area contributed by atoms with Gasteiger partial charge in [0, 0.05) is 31.0 Å². The molecule has 2 fully saturated rings. The molecule has 2 saturated carbocycles. The predicted molar refractivity (Wildman–Crippen MR) is 111 cm³/mol. The van der Waals surface area contributed by atoms with Crippen LogP contribution in [-0.2, 0) is 14.4 Å². The van der Waals surface area contributed by atoms with Crippen molar-refractivity contribution in [1.29, 1.82) is 0 Å². The minimum atomic E-state index is -0.493. The standard InChI is InChI=1S/C22H39N3O3/c1-22(2,3)21(28)23-15-20(27)25(4)18-12-10-17(11-13-18)24-19(26)14-16-8-6-5-7-9-16/h16-18H,5-15H2,1-4H3,(H,23,28)(H,24,26). The first-order chi connectivity index (χ1) is 13.2. The SMILES string of the molecule is CN(C(=O)CNC(=O)C(C)(C)C)C1CCC(NC(=O)CC2CCCCC2)CC1. The van der Waals surface area contributed by atoms with Gasteiger partial charge in [-0.2, -0.15) is 0 Å². The summed E-state index contributed by atoms with van der Waals surface area (Å²) in [6, 6.07) is 0.418. The molecule has 0 aliphatic heterocycles. The Hall–Kier alpha value is -1.59. The lowest BCUT2D eigenvalue weighted by molar-refractivity contribution is -0.136. The normalized spacial score (nSPS) is 23.7. The molecule has 3 amide bonds. The Labute approximate surface area is 170 Å². The fourth-order valence-electron chi connectivity index (χ4n) is 4.30. The third-order valence-electron chi connectivity index (χ3n) is 6.28. The van der Waals surface area contributed by atoms with Crippen LogP contribution in [0.15, 0.2) is 0 Å². The summed E-state index contributed by atoms with van der Waals surface area (Å²) in [5, 5.41) is 5.94. The van der Waals surface area contributed by atoms with Gasteiger partial charge in [-0.15, -0.1) is 0 Å². The van der Waals surface area contributed by atoms with Crippen molar-refractivity contribution in [3.8, 4) is 0 Å². The Morgan fingerprint density at radius 3 is 2.11 bits per heavy atom. The molecule has 2 N–H and O–H groups in total. The quantitative estimate of drug-likeness (QED) is 0.728. The second kappa shape index (κ2) is 10.3. The van der Waals surface area contributed by atoms with Crippen LogP contribution in [0, 0.1) is 11.3 Å². The van der Waals surface area contributed by atoms with E-state index in [1.807, 2.05) is 27.8 Å². The topological polar surface area (TPSA) is 78.5 Å². The van der Waals surface area contributed by atoms with E-state index in [4.69, 9.17) is 0 Å². The molecule has 2 aliphatic carbocycles. The van der Waals surface area contributed by atoms with Gasteiger partial charge in [-0.05, 0) is 44.4 Å². The van der Waals surface area contributed by atoms with Gasteiger partial charge < -0.3 is 15.5 Å². The van der Waals surface area contributed by atoms with Crippen LogP contribution in [0.2, 0.25) is 0 Å². The van der Waals surface area contributed by atoms with Crippen LogP contribution in [0.4, 0.5) is 0 Å². The van der Waals surface area contributed by atoms with Crippen molar-refractivity contribution >= 4 is 17.7 Å². The molecule has 0 atom stereocenters. The average Bonchev–Trinajstić information content (AvgIpc) is 2.65. The number of nitrogens with one attached hydrogen (secondary N) is 2. The lowest BCUT2D eigenvalue weighted by Crippen LogP contribution is -2.48. The second-order valence-electron chi connectivity index (χ2n) is 9.72. The highest BCUT2D eigenvalue weighted by Gasteiger charge is 2.29. The Bertz CT molecular complexity index is 542. The van der Waals surface area contributed by atoms with Gasteiger partial charge in [0.05, 0.1) is 6.54 Å². The van der Waals surface area contributed by atoms with Crippen LogP contribution in [-0.4, -0.2) is 48.3 Å². The van der Waals surface area contributed by atoms with Crippen molar-refractivity contribution in [2.75, 3.05) is 13.6 Å². The van der Waals surface area contributed by atoms with Crippen LogP contribution < -0.4 is 10.6 Å². The number of carbonyl (C=O) groups excluding carboxylic acids is 3. The summed E-state index contributed by atoms with van der Waals surface area (Å²) in [5.74, 6) is 0.600. The molecule has 0 saturated heterocycles. The molecule has 2 rings (SSSR count). The van der Waals surface area contributed by atoms with Crippen LogP contribution in [0.5, 0.6) is 0 Å². The molecule has 6 heteroatoms. The molecule has 28 heavy (non-hydrogen) atoms. The minimum absolute atomic E-state index is 0.0463. The molecule has 2 aliphatic rings. The molecule has 0 heterocycles. The molecule has 0 unspecified atom stereocenters. The molecule has 0 radical (unpaired) electrons. The molecule has 160 valence electrons. The maximum Gasteiger partial charge on any atom is 0.241 e. The molecular formula is C22H39N3O3. The number of likely N-dealkylation sites (N-methyl/N-ethyl adjacent to an activating group) is 1. The van der Waals surface area contributed by atoms with Crippen LogP contribution >= 0.6 is 0 Å². The third kappa shape index (κ3) is 7.10. The Kier molecular flexibility index (Phi) is 8.32. The van der Waals surface area contributed by atoms with Crippen molar-refractivity contribution in [2.24, 2.45) is 11.3 Å². The summed E-state index contributed by atoms with van der Waals surface area (Å²) in [4.78, 5) is 38.4. The van der Waals surface area contributed by atoms with Crippen LogP contribution in [0.1, 0.15) is 85.0 Å². The molecule has 6 nitrogen and oxygen atoms in total. The molecule has 0 spiro atoms. The smallest absolute Gasteiger partial charge is 0.241 e. The first kappa shape index (κ1) is 22.7. The van der Waals surface area contributed by atoms with E-state index in [-0.39, 0.29) is 36.3 Å². The van der Waals surface area contributed by atoms with Crippen molar-refractivity contribution in [3.05, 3.63) is 0 Å². The van der Waals surface area contributed by atoms with Crippen LogP contribution in [0.25, 0.3) is 0 Å². The summed E-state index contributed by atoms with van der Waals surface area (Å²) in [5.41, 5.74) is -0.493. The number of carbonyl (C=O) groups is 3. The van der Waals surface area contributed by atoms with Gasteiger partial charge in [0.2, 0.25) is 17.7 Å². The van der Waals surface area contributed by atoms with Gasteiger partial charge in [0.15, 0.2) is 0 Å². The molecule has 0 bridgehead atoms. The summed E-state index contributed by atoms with van der Waals surface area (Å²) in [6.45, 7) is 5.55. The monoisotopic (exact) mass is 393 g/mol. The fraction of sp³-hybridized carbons (Fsp3) is 0.864. The van der Waals surface area contributed by atoms with Crippen molar-refractivity contribution in [3.63, 3.8) is 0 Å². The second-order valence-corrected chi connectivity index (χ2v) is 9.72. The average molecular weight is 394 g/mol. The number of hydrogen-bond donors (Lipinski definition) is 2. The van der Waals surface area contributed by atoms with E-state index in [2.05, 4.69) is 10.6 Å². The van der Waals surface area contributed by atoms with Gasteiger partial charge in [-0.3, -0.25) is 14.4 Å². The van der Waals surface area contributed by atoms with Gasteiger partial charge in [0.25, 0.3) is 0 Å². The van der Waals surface area contributed by atoms with E-state index in [9.17, 15) is 14.4 Å². The highest BCUT2D eigenvalue weighted by Crippen LogP contribution is 2.27. The first-order valence-corrected chi connectivity index (χ1v) is 11.0. The highest BCUT2D eigenvalue weighted by atomic mass is 16.2. The fourth-order valence-corrected chi connectivity index (χ4v) is 4.30. The Morgan fingerprint density at radius 2 is 1.54 bits per heavy atom. The lowest BCUT2D eigenvalue weighted by atomic mass is 9.86. The Balaban J connectivity index is 1.68. The first-order valence-electron chi connectivity index (χ1n) is 11.0. The van der Waals surface area contributed by atoms with Gasteiger partial charge in [-0.1, -0.05) is 40.0 Å². The molecular weight excluding hydrogens is 354 g/mol. The van der Waals surface area contributed by atoms with Crippen molar-refractivity contribution in [1.82, 2.24) is 15.5 Å². The number of amides is 3.